The molecule has 1 heterocycles. The van der Waals surface area contributed by atoms with Crippen molar-refractivity contribution in [3.8, 4) is 0 Å². The van der Waals surface area contributed by atoms with Crippen LogP contribution < -0.4 is 16.0 Å². The summed E-state index contributed by atoms with van der Waals surface area (Å²) in [6.45, 7) is 9.47. The van der Waals surface area contributed by atoms with Crippen molar-refractivity contribution in [1.29, 1.82) is 0 Å². The van der Waals surface area contributed by atoms with E-state index >= 15 is 0 Å². The molecule has 1 aromatic rings. The van der Waals surface area contributed by atoms with E-state index in [0.717, 1.165) is 51.3 Å². The molecule has 2 amide bonds. The topological polar surface area (TPSA) is 73.5 Å². The van der Waals surface area contributed by atoms with Crippen LogP contribution in [0.2, 0.25) is 0 Å². The van der Waals surface area contributed by atoms with Crippen LogP contribution in [0.25, 0.3) is 0 Å². The molecule has 1 saturated heterocycles. The Bertz CT molecular complexity index is 549. The standard InChI is InChI=1S/C19H30N4O2/c1-3-23(4-2)14-13-21-18(24)15-5-7-17(8-6-15)22-19(25)16-9-11-20-12-10-16/h5-8,16,20H,3-4,9-14H2,1-2H3,(H,21,24)(H,22,25). The average Bonchev–Trinajstić information content (AvgIpc) is 2.66. The molecule has 6 nitrogen and oxygen atoms in total. The van der Waals surface area contributed by atoms with Crippen molar-refractivity contribution in [2.24, 2.45) is 5.92 Å². The Morgan fingerprint density at radius 3 is 2.36 bits per heavy atom. The summed E-state index contributed by atoms with van der Waals surface area (Å²) in [5.41, 5.74) is 1.35. The van der Waals surface area contributed by atoms with Crippen LogP contribution in [0.4, 0.5) is 5.69 Å². The molecule has 1 fully saturated rings. The molecule has 3 N–H and O–H groups in total. The first-order chi connectivity index (χ1) is 12.1. The van der Waals surface area contributed by atoms with Gasteiger partial charge in [0.15, 0.2) is 0 Å². The SMILES string of the molecule is CCN(CC)CCNC(=O)c1ccc(NC(=O)C2CCNCC2)cc1. The number of hydrogen-bond acceptors (Lipinski definition) is 4. The Morgan fingerprint density at radius 1 is 1.12 bits per heavy atom. The van der Waals surface area contributed by atoms with Crippen molar-refractivity contribution in [3.63, 3.8) is 0 Å². The molecule has 138 valence electrons. The smallest absolute Gasteiger partial charge is 0.251 e. The van der Waals surface area contributed by atoms with E-state index < -0.39 is 0 Å². The van der Waals surface area contributed by atoms with Gasteiger partial charge in [0.25, 0.3) is 5.91 Å². The van der Waals surface area contributed by atoms with Crippen molar-refractivity contribution in [3.05, 3.63) is 29.8 Å². The molecule has 0 unspecified atom stereocenters. The predicted molar refractivity (Wildman–Crippen MR) is 101 cm³/mol. The zero-order valence-electron chi connectivity index (χ0n) is 15.3. The van der Waals surface area contributed by atoms with E-state index in [0.29, 0.717) is 12.1 Å². The Kier molecular flexibility index (Phi) is 7.88. The summed E-state index contributed by atoms with van der Waals surface area (Å²) in [6.07, 6.45) is 1.75. The summed E-state index contributed by atoms with van der Waals surface area (Å²) in [7, 11) is 0. The average molecular weight is 346 g/mol. The fourth-order valence-electron chi connectivity index (χ4n) is 3.00. The van der Waals surface area contributed by atoms with Gasteiger partial charge in [-0.15, -0.1) is 0 Å². The molecule has 6 heteroatoms. The van der Waals surface area contributed by atoms with Crippen LogP contribution in [0.5, 0.6) is 0 Å². The number of piperidine rings is 1. The highest BCUT2D eigenvalue weighted by molar-refractivity contribution is 5.96. The lowest BCUT2D eigenvalue weighted by molar-refractivity contribution is -0.120. The molecule has 2 rings (SSSR count). The number of likely N-dealkylation sites (N-methyl/N-ethyl adjacent to an activating group) is 1. The molecule has 0 atom stereocenters. The summed E-state index contributed by atoms with van der Waals surface area (Å²) < 4.78 is 0. The molecule has 25 heavy (non-hydrogen) atoms. The number of nitrogens with zero attached hydrogens (tertiary/aromatic N) is 1. The van der Waals surface area contributed by atoms with Gasteiger partial charge in [-0.25, -0.2) is 0 Å². The van der Waals surface area contributed by atoms with Gasteiger partial charge in [0, 0.05) is 30.3 Å². The van der Waals surface area contributed by atoms with Gasteiger partial charge in [0.1, 0.15) is 0 Å². The zero-order chi connectivity index (χ0) is 18.1. The summed E-state index contributed by atoms with van der Waals surface area (Å²) in [5, 5.41) is 9.14. The molecule has 0 aromatic heterocycles. The van der Waals surface area contributed by atoms with Crippen molar-refractivity contribution >= 4 is 17.5 Å². The third-order valence-electron chi connectivity index (χ3n) is 4.73. The Labute approximate surface area is 150 Å². The third-order valence-corrected chi connectivity index (χ3v) is 4.73. The molecule has 0 bridgehead atoms. The lowest BCUT2D eigenvalue weighted by atomic mass is 9.97. The highest BCUT2D eigenvalue weighted by Gasteiger charge is 2.20. The van der Waals surface area contributed by atoms with E-state index in [1.165, 1.54) is 0 Å². The van der Waals surface area contributed by atoms with Crippen LogP contribution >= 0.6 is 0 Å². The van der Waals surface area contributed by atoms with E-state index in [2.05, 4.69) is 34.7 Å². The molecular formula is C19H30N4O2. The first-order valence-electron chi connectivity index (χ1n) is 9.26. The van der Waals surface area contributed by atoms with Crippen molar-refractivity contribution in [2.45, 2.75) is 26.7 Å². The highest BCUT2D eigenvalue weighted by Crippen LogP contribution is 2.16. The zero-order valence-corrected chi connectivity index (χ0v) is 15.3. The van der Waals surface area contributed by atoms with Crippen molar-refractivity contribution in [1.82, 2.24) is 15.5 Å². The second-order valence-electron chi connectivity index (χ2n) is 6.37. The van der Waals surface area contributed by atoms with Gasteiger partial charge in [0.05, 0.1) is 0 Å². The third kappa shape index (κ3) is 6.14. The van der Waals surface area contributed by atoms with Crippen LogP contribution in [0.1, 0.15) is 37.0 Å². The van der Waals surface area contributed by atoms with Gasteiger partial charge in [-0.3, -0.25) is 9.59 Å². The number of carbonyl (C=O) groups excluding carboxylic acids is 2. The molecule has 0 radical (unpaired) electrons. The maximum Gasteiger partial charge on any atom is 0.251 e. The number of amides is 2. The van der Waals surface area contributed by atoms with Gasteiger partial charge in [-0.05, 0) is 63.3 Å². The van der Waals surface area contributed by atoms with Gasteiger partial charge < -0.3 is 20.9 Å². The molecule has 1 aliphatic heterocycles. The maximum atomic E-state index is 12.2. The number of benzene rings is 1. The van der Waals surface area contributed by atoms with Crippen LogP contribution in [0, 0.1) is 5.92 Å². The molecule has 0 spiro atoms. The summed E-state index contributed by atoms with van der Waals surface area (Å²) >= 11 is 0. The second-order valence-corrected chi connectivity index (χ2v) is 6.37. The van der Waals surface area contributed by atoms with Gasteiger partial charge in [-0.2, -0.15) is 0 Å². The summed E-state index contributed by atoms with van der Waals surface area (Å²) in [5.74, 6) is 0.0608. The highest BCUT2D eigenvalue weighted by atomic mass is 16.2. The largest absolute Gasteiger partial charge is 0.351 e. The van der Waals surface area contributed by atoms with E-state index in [1.807, 2.05) is 0 Å². The van der Waals surface area contributed by atoms with E-state index in [-0.39, 0.29) is 17.7 Å². The number of carbonyl (C=O) groups is 2. The molecule has 1 aromatic carbocycles. The summed E-state index contributed by atoms with van der Waals surface area (Å²) in [4.78, 5) is 26.6. The number of hydrogen-bond donors (Lipinski definition) is 3. The van der Waals surface area contributed by atoms with Crippen molar-refractivity contribution in [2.75, 3.05) is 44.6 Å². The lowest BCUT2D eigenvalue weighted by Gasteiger charge is -2.21. The second kappa shape index (κ2) is 10.2. The van der Waals surface area contributed by atoms with Crippen LogP contribution in [0.3, 0.4) is 0 Å². The van der Waals surface area contributed by atoms with E-state index in [4.69, 9.17) is 0 Å². The van der Waals surface area contributed by atoms with Crippen LogP contribution in [-0.2, 0) is 4.79 Å². The first kappa shape index (κ1) is 19.4. The van der Waals surface area contributed by atoms with Gasteiger partial charge in [-0.1, -0.05) is 13.8 Å². The number of nitrogens with one attached hydrogen (secondary N) is 3. The fraction of sp³-hybridized carbons (Fsp3) is 0.579. The monoisotopic (exact) mass is 346 g/mol. The molecule has 0 saturated carbocycles. The van der Waals surface area contributed by atoms with Gasteiger partial charge in [0.2, 0.25) is 5.91 Å². The Balaban J connectivity index is 1.80. The van der Waals surface area contributed by atoms with Crippen molar-refractivity contribution < 1.29 is 9.59 Å². The minimum atomic E-state index is -0.0802. The minimum Gasteiger partial charge on any atom is -0.351 e. The molecular weight excluding hydrogens is 316 g/mol. The van der Waals surface area contributed by atoms with Crippen LogP contribution in [0.15, 0.2) is 24.3 Å². The van der Waals surface area contributed by atoms with E-state index in [9.17, 15) is 9.59 Å². The minimum absolute atomic E-state index is 0.0675. The molecule has 0 aliphatic carbocycles. The molecule has 1 aliphatic rings. The van der Waals surface area contributed by atoms with Gasteiger partial charge >= 0.3 is 0 Å². The van der Waals surface area contributed by atoms with Crippen LogP contribution in [-0.4, -0.2) is 56.0 Å². The fourth-order valence-corrected chi connectivity index (χ4v) is 3.00. The first-order valence-corrected chi connectivity index (χ1v) is 9.26. The number of anilines is 1. The maximum absolute atomic E-state index is 12.2. The number of rotatable bonds is 8. The predicted octanol–water partition coefficient (Wildman–Crippen LogP) is 1.70. The normalized spacial score (nSPS) is 15.2. The quantitative estimate of drug-likeness (QED) is 0.670. The lowest BCUT2D eigenvalue weighted by Crippen LogP contribution is -2.35. The van der Waals surface area contributed by atoms with E-state index in [1.54, 1.807) is 24.3 Å². The Morgan fingerprint density at radius 2 is 1.76 bits per heavy atom. The Hall–Kier alpha value is -1.92. The summed E-state index contributed by atoms with van der Waals surface area (Å²) in [6, 6.07) is 7.09.